The van der Waals surface area contributed by atoms with Crippen LogP contribution in [0.25, 0.3) is 27.7 Å². The number of hydrogen-bond acceptors (Lipinski definition) is 3. The van der Waals surface area contributed by atoms with Gasteiger partial charge in [-0.25, -0.2) is 9.50 Å². The fourth-order valence-electron chi connectivity index (χ4n) is 2.99. The minimum Gasteiger partial charge on any atom is -0.382 e. The molecule has 116 valence electrons. The largest absolute Gasteiger partial charge is 0.382 e. The molecule has 4 aromatic rings. The number of hydrogen-bond donors (Lipinski definition) is 2. The summed E-state index contributed by atoms with van der Waals surface area (Å²) in [6.07, 6.45) is 1.48. The highest BCUT2D eigenvalue weighted by molar-refractivity contribution is 6.38. The third-order valence-corrected chi connectivity index (χ3v) is 4.51. The van der Waals surface area contributed by atoms with Gasteiger partial charge in [0.25, 0.3) is 0 Å². The topological polar surface area (TPSA) is 72.0 Å². The number of anilines is 1. The highest BCUT2D eigenvalue weighted by Crippen LogP contribution is 2.39. The number of halogens is 1. The molecule has 0 spiro atoms. The van der Waals surface area contributed by atoms with Crippen LogP contribution in [0.3, 0.4) is 0 Å². The van der Waals surface area contributed by atoms with Gasteiger partial charge in [-0.3, -0.25) is 0 Å². The van der Waals surface area contributed by atoms with Crippen molar-refractivity contribution in [2.24, 2.45) is 0 Å². The summed E-state index contributed by atoms with van der Waals surface area (Å²) in [5, 5.41) is 6.04. The number of para-hydroxylation sites is 1. The van der Waals surface area contributed by atoms with Gasteiger partial charge in [0.05, 0.1) is 10.7 Å². The van der Waals surface area contributed by atoms with Crippen molar-refractivity contribution in [1.29, 1.82) is 0 Å². The van der Waals surface area contributed by atoms with Crippen LogP contribution in [0, 0.1) is 0 Å². The van der Waals surface area contributed by atoms with Gasteiger partial charge in [0, 0.05) is 22.2 Å². The maximum absolute atomic E-state index is 6.61. The van der Waals surface area contributed by atoms with E-state index in [1.807, 2.05) is 28.8 Å². The molecule has 0 radical (unpaired) electrons. The van der Waals surface area contributed by atoms with Crippen molar-refractivity contribution in [3.8, 4) is 11.3 Å². The van der Waals surface area contributed by atoms with Crippen LogP contribution >= 0.6 is 11.6 Å². The molecule has 0 aliphatic carbocycles. The van der Waals surface area contributed by atoms with Crippen LogP contribution in [0.15, 0.2) is 36.7 Å². The van der Waals surface area contributed by atoms with E-state index < -0.39 is 0 Å². The van der Waals surface area contributed by atoms with Gasteiger partial charge in [-0.05, 0) is 18.1 Å². The van der Waals surface area contributed by atoms with Crippen molar-refractivity contribution >= 4 is 33.8 Å². The SMILES string of the molecule is CC(C)c1cc(-c2[nH]c3ccccc3c2Cl)c2c(N)ncnn12. The normalized spacial score (nSPS) is 11.8. The number of H-pyrrole nitrogens is 1. The summed E-state index contributed by atoms with van der Waals surface area (Å²) in [7, 11) is 0. The van der Waals surface area contributed by atoms with Crippen LogP contribution in [0.1, 0.15) is 25.5 Å². The number of aromatic nitrogens is 4. The third-order valence-electron chi connectivity index (χ3n) is 4.11. The fraction of sp³-hybridized carbons (Fsp3) is 0.176. The molecule has 0 saturated carbocycles. The predicted molar refractivity (Wildman–Crippen MR) is 93.8 cm³/mol. The van der Waals surface area contributed by atoms with Crippen molar-refractivity contribution in [1.82, 2.24) is 19.6 Å². The number of nitrogens with zero attached hydrogens (tertiary/aromatic N) is 3. The molecule has 1 aromatic carbocycles. The molecule has 0 bridgehead atoms. The summed E-state index contributed by atoms with van der Waals surface area (Å²) in [4.78, 5) is 7.53. The Morgan fingerprint density at radius 3 is 2.78 bits per heavy atom. The first kappa shape index (κ1) is 14.1. The Hall–Kier alpha value is -2.53. The van der Waals surface area contributed by atoms with Crippen molar-refractivity contribution < 1.29 is 0 Å². The van der Waals surface area contributed by atoms with Crippen LogP contribution in [0.5, 0.6) is 0 Å². The first-order valence-electron chi connectivity index (χ1n) is 7.46. The molecule has 0 atom stereocenters. The number of rotatable bonds is 2. The van der Waals surface area contributed by atoms with Crippen molar-refractivity contribution in [2.75, 3.05) is 5.73 Å². The summed E-state index contributed by atoms with van der Waals surface area (Å²) in [6.45, 7) is 4.24. The van der Waals surface area contributed by atoms with E-state index >= 15 is 0 Å². The van der Waals surface area contributed by atoms with Crippen LogP contribution in [0.2, 0.25) is 5.02 Å². The van der Waals surface area contributed by atoms with Crippen LogP contribution in [-0.2, 0) is 0 Å². The van der Waals surface area contributed by atoms with Gasteiger partial charge in [-0.2, -0.15) is 5.10 Å². The molecule has 0 fully saturated rings. The van der Waals surface area contributed by atoms with Crippen LogP contribution in [0.4, 0.5) is 5.82 Å². The average Bonchev–Trinajstić information content (AvgIpc) is 3.07. The number of nitrogens with one attached hydrogen (secondary N) is 1. The minimum absolute atomic E-state index is 0.300. The standard InChI is InChI=1S/C17H16ClN5/c1-9(2)13-7-11(16-17(19)20-8-21-23(13)16)15-14(18)10-5-3-4-6-12(10)22-15/h3-9,22H,1-2H3,(H2,19,20,21). The Morgan fingerprint density at radius 1 is 1.26 bits per heavy atom. The smallest absolute Gasteiger partial charge is 0.152 e. The molecular weight excluding hydrogens is 310 g/mol. The van der Waals surface area contributed by atoms with Crippen molar-refractivity contribution in [3.05, 3.63) is 47.4 Å². The van der Waals surface area contributed by atoms with E-state index in [-0.39, 0.29) is 0 Å². The van der Waals surface area contributed by atoms with E-state index in [0.29, 0.717) is 16.8 Å². The Balaban J connectivity index is 2.10. The lowest BCUT2D eigenvalue weighted by molar-refractivity contribution is 0.752. The molecule has 6 heteroatoms. The maximum Gasteiger partial charge on any atom is 0.152 e. The molecular formula is C17H16ClN5. The lowest BCUT2D eigenvalue weighted by Crippen LogP contribution is -2.03. The minimum atomic E-state index is 0.300. The Kier molecular flexibility index (Phi) is 3.06. The second-order valence-electron chi connectivity index (χ2n) is 5.90. The summed E-state index contributed by atoms with van der Waals surface area (Å²) in [5.41, 5.74) is 10.7. The second kappa shape index (κ2) is 4.99. The first-order chi connectivity index (χ1) is 11.1. The summed E-state index contributed by atoms with van der Waals surface area (Å²) >= 11 is 6.61. The summed E-state index contributed by atoms with van der Waals surface area (Å²) < 4.78 is 1.85. The van der Waals surface area contributed by atoms with E-state index in [0.717, 1.165) is 33.4 Å². The zero-order valence-electron chi connectivity index (χ0n) is 12.8. The van der Waals surface area contributed by atoms with Crippen molar-refractivity contribution in [2.45, 2.75) is 19.8 Å². The second-order valence-corrected chi connectivity index (χ2v) is 6.28. The number of nitrogens with two attached hydrogens (primary N) is 1. The van der Waals surface area contributed by atoms with Gasteiger partial charge in [0.2, 0.25) is 0 Å². The molecule has 3 N–H and O–H groups in total. The lowest BCUT2D eigenvalue weighted by Gasteiger charge is -2.04. The highest BCUT2D eigenvalue weighted by atomic mass is 35.5. The first-order valence-corrected chi connectivity index (χ1v) is 7.84. The van der Waals surface area contributed by atoms with E-state index in [2.05, 4.69) is 35.0 Å². The highest BCUT2D eigenvalue weighted by Gasteiger charge is 2.20. The number of nitrogen functional groups attached to an aromatic ring is 1. The lowest BCUT2D eigenvalue weighted by atomic mass is 10.1. The van der Waals surface area contributed by atoms with E-state index in [1.54, 1.807) is 0 Å². The zero-order valence-corrected chi connectivity index (χ0v) is 13.6. The van der Waals surface area contributed by atoms with Gasteiger partial charge >= 0.3 is 0 Å². The monoisotopic (exact) mass is 325 g/mol. The fourth-order valence-corrected chi connectivity index (χ4v) is 3.30. The summed E-state index contributed by atoms with van der Waals surface area (Å²) in [5.74, 6) is 0.741. The van der Waals surface area contributed by atoms with Gasteiger partial charge in [-0.1, -0.05) is 43.6 Å². The quantitative estimate of drug-likeness (QED) is 0.579. The number of benzene rings is 1. The third kappa shape index (κ3) is 2.00. The van der Waals surface area contributed by atoms with Gasteiger partial charge in [0.15, 0.2) is 5.82 Å². The van der Waals surface area contributed by atoms with E-state index in [1.165, 1.54) is 6.33 Å². The molecule has 4 rings (SSSR count). The van der Waals surface area contributed by atoms with Gasteiger partial charge in [0.1, 0.15) is 11.8 Å². The molecule has 0 amide bonds. The number of fused-ring (bicyclic) bond motifs is 2. The predicted octanol–water partition coefficient (Wildman–Crippen LogP) is 4.24. The molecule has 23 heavy (non-hydrogen) atoms. The average molecular weight is 326 g/mol. The summed E-state index contributed by atoms with van der Waals surface area (Å²) in [6, 6.07) is 10.0. The molecule has 0 unspecified atom stereocenters. The van der Waals surface area contributed by atoms with E-state index in [9.17, 15) is 0 Å². The maximum atomic E-state index is 6.61. The molecule has 0 aliphatic rings. The Morgan fingerprint density at radius 2 is 2.04 bits per heavy atom. The van der Waals surface area contributed by atoms with Gasteiger partial charge < -0.3 is 10.7 Å². The molecule has 0 aliphatic heterocycles. The molecule has 3 aromatic heterocycles. The van der Waals surface area contributed by atoms with Crippen molar-refractivity contribution in [3.63, 3.8) is 0 Å². The Bertz CT molecular complexity index is 1030. The Labute approximate surface area is 138 Å². The molecule has 0 saturated heterocycles. The van der Waals surface area contributed by atoms with Crippen LogP contribution < -0.4 is 5.73 Å². The number of aromatic amines is 1. The van der Waals surface area contributed by atoms with Crippen LogP contribution in [-0.4, -0.2) is 19.6 Å². The zero-order chi connectivity index (χ0) is 16.1. The van der Waals surface area contributed by atoms with Gasteiger partial charge in [-0.15, -0.1) is 0 Å². The molecule has 3 heterocycles. The van der Waals surface area contributed by atoms with E-state index in [4.69, 9.17) is 17.3 Å². The molecule has 5 nitrogen and oxygen atoms in total.